The minimum atomic E-state index is -3.44. The van der Waals surface area contributed by atoms with Crippen molar-refractivity contribution in [2.24, 2.45) is 0 Å². The Morgan fingerprint density at radius 1 is 1.29 bits per heavy atom. The van der Waals surface area contributed by atoms with Crippen LogP contribution in [0.5, 0.6) is 0 Å². The summed E-state index contributed by atoms with van der Waals surface area (Å²) in [5.74, 6) is 0.664. The monoisotopic (exact) mass is 343 g/mol. The van der Waals surface area contributed by atoms with E-state index in [0.29, 0.717) is 16.5 Å². The molecule has 112 valence electrons. The van der Waals surface area contributed by atoms with E-state index in [-0.39, 0.29) is 11.6 Å². The van der Waals surface area contributed by atoms with Crippen LogP contribution in [0, 0.1) is 0 Å². The fraction of sp³-hybridized carbons (Fsp3) is 0.154. The summed E-state index contributed by atoms with van der Waals surface area (Å²) in [5, 5.41) is 0.454. The first-order valence-corrected chi connectivity index (χ1v) is 9.06. The van der Waals surface area contributed by atoms with Crippen molar-refractivity contribution in [3.8, 4) is 0 Å². The van der Waals surface area contributed by atoms with Gasteiger partial charge in [0.15, 0.2) is 0 Å². The van der Waals surface area contributed by atoms with Gasteiger partial charge in [0.1, 0.15) is 5.82 Å². The Balaban J connectivity index is 1.88. The van der Waals surface area contributed by atoms with Gasteiger partial charge in [0.05, 0.1) is 10.8 Å². The summed E-state index contributed by atoms with van der Waals surface area (Å²) in [7, 11) is -3.44. The number of nitrogens with two attached hydrogens (primary N) is 1. The number of nitrogens with one attached hydrogen (secondary N) is 1. The van der Waals surface area contributed by atoms with E-state index in [1.165, 1.54) is 24.0 Å². The molecule has 0 unspecified atom stereocenters. The zero-order valence-electron chi connectivity index (χ0n) is 11.0. The highest BCUT2D eigenvalue weighted by Crippen LogP contribution is 2.20. The molecule has 1 aromatic heterocycles. The van der Waals surface area contributed by atoms with E-state index in [9.17, 15) is 8.42 Å². The van der Waals surface area contributed by atoms with Crippen LogP contribution in [0.2, 0.25) is 5.02 Å². The minimum absolute atomic E-state index is 0.0171. The van der Waals surface area contributed by atoms with E-state index in [2.05, 4.69) is 9.71 Å². The summed E-state index contributed by atoms with van der Waals surface area (Å²) < 4.78 is 26.2. The first kappa shape index (κ1) is 15.9. The van der Waals surface area contributed by atoms with Crippen LogP contribution in [0.25, 0.3) is 0 Å². The number of benzene rings is 1. The summed E-state index contributed by atoms with van der Waals surface area (Å²) >= 11 is 7.13. The molecule has 0 bridgehead atoms. The number of sulfonamides is 1. The van der Waals surface area contributed by atoms with Gasteiger partial charge >= 0.3 is 0 Å². The van der Waals surface area contributed by atoms with Crippen molar-refractivity contribution in [3.63, 3.8) is 0 Å². The molecule has 0 fully saturated rings. The molecule has 1 heterocycles. The Labute approximate surface area is 133 Å². The van der Waals surface area contributed by atoms with Gasteiger partial charge in [0, 0.05) is 22.5 Å². The van der Waals surface area contributed by atoms with E-state index >= 15 is 0 Å². The third-order valence-corrected chi connectivity index (χ3v) is 5.21. The summed E-state index contributed by atoms with van der Waals surface area (Å²) in [6.45, 7) is 0. The van der Waals surface area contributed by atoms with E-state index in [1.807, 2.05) is 18.2 Å². The number of halogens is 1. The van der Waals surface area contributed by atoms with E-state index in [4.69, 9.17) is 17.3 Å². The lowest BCUT2D eigenvalue weighted by atomic mass is 10.3. The summed E-state index contributed by atoms with van der Waals surface area (Å²) in [6.07, 6.45) is 1.39. The smallest absolute Gasteiger partial charge is 0.234 e. The Morgan fingerprint density at radius 3 is 2.76 bits per heavy atom. The van der Waals surface area contributed by atoms with Gasteiger partial charge in [0.2, 0.25) is 10.0 Å². The second kappa shape index (κ2) is 7.02. The van der Waals surface area contributed by atoms with Crippen LogP contribution < -0.4 is 10.5 Å². The fourth-order valence-corrected chi connectivity index (χ4v) is 4.01. The highest BCUT2D eigenvalue weighted by molar-refractivity contribution is 8.01. The maximum Gasteiger partial charge on any atom is 0.234 e. The Bertz CT molecular complexity index is 706. The predicted octanol–water partition coefficient (Wildman–Crippen LogP) is 2.85. The predicted molar refractivity (Wildman–Crippen MR) is 88.2 cm³/mol. The van der Waals surface area contributed by atoms with Crippen molar-refractivity contribution in [1.82, 2.24) is 4.98 Å². The molecule has 8 heteroatoms. The summed E-state index contributed by atoms with van der Waals surface area (Å²) in [4.78, 5) is 4.84. The SMILES string of the molecule is Nc1cccc(SCCS(=O)(=O)Nc2ccc(Cl)cn2)c1. The number of hydrogen-bond donors (Lipinski definition) is 2. The molecule has 21 heavy (non-hydrogen) atoms. The third kappa shape index (κ3) is 5.45. The molecule has 3 N–H and O–H groups in total. The van der Waals surface area contributed by atoms with Crippen LogP contribution in [0.3, 0.4) is 0 Å². The topological polar surface area (TPSA) is 85.1 Å². The van der Waals surface area contributed by atoms with E-state index in [0.717, 1.165) is 4.90 Å². The van der Waals surface area contributed by atoms with Crippen molar-refractivity contribution >= 4 is 44.9 Å². The molecule has 0 amide bonds. The van der Waals surface area contributed by atoms with Crippen LogP contribution >= 0.6 is 23.4 Å². The molecular weight excluding hydrogens is 330 g/mol. The maximum absolute atomic E-state index is 11.9. The normalized spacial score (nSPS) is 11.3. The molecule has 0 spiro atoms. The zero-order valence-corrected chi connectivity index (χ0v) is 13.4. The zero-order chi connectivity index (χ0) is 15.3. The lowest BCUT2D eigenvalue weighted by Gasteiger charge is -2.07. The number of nitrogen functional groups attached to an aromatic ring is 1. The average molecular weight is 344 g/mol. The first-order chi connectivity index (χ1) is 9.94. The Morgan fingerprint density at radius 2 is 2.10 bits per heavy atom. The van der Waals surface area contributed by atoms with Crippen molar-refractivity contribution in [1.29, 1.82) is 0 Å². The number of pyridine rings is 1. The number of nitrogens with zero attached hydrogens (tertiary/aromatic N) is 1. The second-order valence-electron chi connectivity index (χ2n) is 4.20. The number of anilines is 2. The van der Waals surface area contributed by atoms with Crippen molar-refractivity contribution in [2.45, 2.75) is 4.90 Å². The molecule has 0 aliphatic rings. The molecule has 1 aromatic carbocycles. The minimum Gasteiger partial charge on any atom is -0.399 e. The van der Waals surface area contributed by atoms with Crippen LogP contribution in [-0.4, -0.2) is 24.9 Å². The van der Waals surface area contributed by atoms with E-state index < -0.39 is 10.0 Å². The van der Waals surface area contributed by atoms with Crippen molar-refractivity contribution in [2.75, 3.05) is 22.0 Å². The first-order valence-electron chi connectivity index (χ1n) is 6.05. The van der Waals surface area contributed by atoms with Crippen molar-refractivity contribution < 1.29 is 8.42 Å². The van der Waals surface area contributed by atoms with Crippen LogP contribution in [0.15, 0.2) is 47.5 Å². The number of hydrogen-bond acceptors (Lipinski definition) is 5. The second-order valence-corrected chi connectivity index (χ2v) is 7.65. The van der Waals surface area contributed by atoms with Gasteiger partial charge in [-0.3, -0.25) is 4.72 Å². The highest BCUT2D eigenvalue weighted by atomic mass is 35.5. The molecule has 0 saturated carbocycles. The molecular formula is C13H14ClN3O2S2. The highest BCUT2D eigenvalue weighted by Gasteiger charge is 2.11. The molecule has 0 saturated heterocycles. The summed E-state index contributed by atoms with van der Waals surface area (Å²) in [5.41, 5.74) is 6.33. The molecule has 0 aliphatic carbocycles. The van der Waals surface area contributed by atoms with Gasteiger partial charge in [0.25, 0.3) is 0 Å². The van der Waals surface area contributed by atoms with Crippen LogP contribution in [0.4, 0.5) is 11.5 Å². The van der Waals surface area contributed by atoms with Gasteiger partial charge in [-0.05, 0) is 30.3 Å². The standard InChI is InChI=1S/C13H14ClN3O2S2/c14-10-4-5-13(16-9-10)17-21(18,19)7-6-20-12-3-1-2-11(15)8-12/h1-5,8-9H,6-7,15H2,(H,16,17). The Kier molecular flexibility index (Phi) is 5.33. The largest absolute Gasteiger partial charge is 0.399 e. The molecule has 5 nitrogen and oxygen atoms in total. The fourth-order valence-electron chi connectivity index (χ4n) is 1.52. The number of thioether (sulfide) groups is 1. The molecule has 0 atom stereocenters. The maximum atomic E-state index is 11.9. The van der Waals surface area contributed by atoms with Crippen LogP contribution in [-0.2, 0) is 10.0 Å². The van der Waals surface area contributed by atoms with Crippen LogP contribution in [0.1, 0.15) is 0 Å². The Hall–Kier alpha value is -1.44. The average Bonchev–Trinajstić information content (AvgIpc) is 2.41. The molecule has 0 aliphatic heterocycles. The summed E-state index contributed by atoms with van der Waals surface area (Å²) in [6, 6.07) is 10.4. The van der Waals surface area contributed by atoms with Gasteiger partial charge in [-0.1, -0.05) is 17.7 Å². The quantitative estimate of drug-likeness (QED) is 0.622. The lowest BCUT2D eigenvalue weighted by Crippen LogP contribution is -2.18. The molecule has 2 rings (SSSR count). The van der Waals surface area contributed by atoms with Gasteiger partial charge in [-0.25, -0.2) is 13.4 Å². The van der Waals surface area contributed by atoms with E-state index in [1.54, 1.807) is 12.1 Å². The van der Waals surface area contributed by atoms with Gasteiger partial charge < -0.3 is 5.73 Å². The van der Waals surface area contributed by atoms with Gasteiger partial charge in [-0.2, -0.15) is 0 Å². The van der Waals surface area contributed by atoms with Gasteiger partial charge in [-0.15, -0.1) is 11.8 Å². The number of aromatic nitrogens is 1. The number of rotatable bonds is 6. The third-order valence-electron chi connectivity index (χ3n) is 2.47. The molecule has 2 aromatic rings. The lowest BCUT2D eigenvalue weighted by molar-refractivity contribution is 0.602. The van der Waals surface area contributed by atoms with Crippen molar-refractivity contribution in [3.05, 3.63) is 47.6 Å². The molecule has 0 radical (unpaired) electrons.